The summed E-state index contributed by atoms with van der Waals surface area (Å²) in [6, 6.07) is 15.8. The molecule has 1 heterocycles. The number of halogens is 1. The van der Waals surface area contributed by atoms with Crippen LogP contribution in [-0.2, 0) is 21.5 Å². The van der Waals surface area contributed by atoms with Crippen LogP contribution in [0.15, 0.2) is 70.8 Å². The molecule has 0 bridgehead atoms. The van der Waals surface area contributed by atoms with Crippen molar-refractivity contribution in [1.82, 2.24) is 4.31 Å². The number of nitrogens with zero attached hydrogens (tertiary/aromatic N) is 2. The Hall–Kier alpha value is -2.64. The highest BCUT2D eigenvalue weighted by molar-refractivity contribution is 7.88. The van der Waals surface area contributed by atoms with Gasteiger partial charge in [-0.15, -0.1) is 4.40 Å². The molecule has 2 aromatic rings. The third-order valence-electron chi connectivity index (χ3n) is 3.72. The highest BCUT2D eigenvalue weighted by Gasteiger charge is 2.28. The van der Waals surface area contributed by atoms with Crippen LogP contribution in [0.1, 0.15) is 12.5 Å². The van der Waals surface area contributed by atoms with Crippen molar-refractivity contribution < 1.29 is 13.2 Å². The lowest BCUT2D eigenvalue weighted by Crippen LogP contribution is -2.32. The maximum absolute atomic E-state index is 12.6. The van der Waals surface area contributed by atoms with E-state index in [0.29, 0.717) is 10.7 Å². The molecule has 26 heavy (non-hydrogen) atoms. The van der Waals surface area contributed by atoms with Crippen molar-refractivity contribution >= 4 is 39.1 Å². The van der Waals surface area contributed by atoms with Crippen LogP contribution in [0.2, 0.25) is 5.02 Å². The quantitative estimate of drug-likeness (QED) is 0.870. The van der Waals surface area contributed by atoms with Gasteiger partial charge in [-0.25, -0.2) is 0 Å². The van der Waals surface area contributed by atoms with Gasteiger partial charge in [0.1, 0.15) is 0 Å². The molecular formula is C18H16ClN3O3S. The number of nitrogens with one attached hydrogen (secondary N) is 1. The largest absolute Gasteiger partial charge is 0.344 e. The summed E-state index contributed by atoms with van der Waals surface area (Å²) in [5, 5.41) is 3.19. The number of carbonyl (C=O) groups is 1. The molecule has 0 saturated carbocycles. The van der Waals surface area contributed by atoms with Crippen LogP contribution < -0.4 is 5.32 Å². The zero-order valence-corrected chi connectivity index (χ0v) is 15.5. The second-order valence-corrected chi connectivity index (χ2v) is 7.68. The van der Waals surface area contributed by atoms with E-state index in [-0.39, 0.29) is 17.8 Å². The minimum absolute atomic E-state index is 0.0912. The molecule has 0 fully saturated rings. The summed E-state index contributed by atoms with van der Waals surface area (Å²) in [6.07, 6.45) is 1.31. The number of amides is 1. The molecule has 2 aromatic carbocycles. The van der Waals surface area contributed by atoms with E-state index >= 15 is 0 Å². The Labute approximate surface area is 157 Å². The average Bonchev–Trinajstić information content (AvgIpc) is 2.57. The maximum Gasteiger partial charge on any atom is 0.344 e. The first-order valence-electron chi connectivity index (χ1n) is 7.76. The molecule has 1 N–H and O–H groups in total. The smallest absolute Gasteiger partial charge is 0.322 e. The maximum atomic E-state index is 12.6. The van der Waals surface area contributed by atoms with Gasteiger partial charge in [-0.1, -0.05) is 48.0 Å². The van der Waals surface area contributed by atoms with Crippen molar-refractivity contribution in [1.29, 1.82) is 0 Å². The van der Waals surface area contributed by atoms with E-state index in [9.17, 15) is 13.2 Å². The molecule has 3 rings (SSSR count). The van der Waals surface area contributed by atoms with Gasteiger partial charge in [0.15, 0.2) is 0 Å². The summed E-state index contributed by atoms with van der Waals surface area (Å²) >= 11 is 5.92. The molecule has 6 nitrogen and oxygen atoms in total. The van der Waals surface area contributed by atoms with Crippen molar-refractivity contribution in [2.75, 3.05) is 5.32 Å². The van der Waals surface area contributed by atoms with E-state index in [4.69, 9.17) is 11.6 Å². The van der Waals surface area contributed by atoms with Gasteiger partial charge in [-0.2, -0.15) is 8.42 Å². The topological polar surface area (TPSA) is 78.8 Å². The third kappa shape index (κ3) is 4.12. The molecule has 8 heteroatoms. The van der Waals surface area contributed by atoms with Crippen LogP contribution in [0.4, 0.5) is 5.69 Å². The molecule has 0 atom stereocenters. The number of hydrogen-bond acceptors (Lipinski definition) is 3. The highest BCUT2D eigenvalue weighted by atomic mass is 35.5. The van der Waals surface area contributed by atoms with Crippen LogP contribution in [-0.4, -0.2) is 24.3 Å². The Bertz CT molecular complexity index is 1000. The zero-order chi connectivity index (χ0) is 18.7. The highest BCUT2D eigenvalue weighted by Crippen LogP contribution is 2.21. The third-order valence-corrected chi connectivity index (χ3v) is 5.29. The summed E-state index contributed by atoms with van der Waals surface area (Å²) in [5.41, 5.74) is 1.61. The summed E-state index contributed by atoms with van der Waals surface area (Å²) in [4.78, 5) is 12.6. The van der Waals surface area contributed by atoms with Crippen LogP contribution in [0.5, 0.6) is 0 Å². The van der Waals surface area contributed by atoms with Crippen LogP contribution >= 0.6 is 11.6 Å². The predicted octanol–water partition coefficient (Wildman–Crippen LogP) is 3.38. The Morgan fingerprint density at radius 3 is 2.58 bits per heavy atom. The van der Waals surface area contributed by atoms with Crippen molar-refractivity contribution in [3.63, 3.8) is 0 Å². The predicted molar refractivity (Wildman–Crippen MR) is 102 cm³/mol. The van der Waals surface area contributed by atoms with E-state index in [0.717, 1.165) is 9.87 Å². The minimum Gasteiger partial charge on any atom is -0.322 e. The Kier molecular flexibility index (Phi) is 5.11. The Balaban J connectivity index is 1.87. The van der Waals surface area contributed by atoms with Gasteiger partial charge in [-0.3, -0.25) is 9.10 Å². The number of carbonyl (C=O) groups excluding carboxylic acids is 1. The van der Waals surface area contributed by atoms with Crippen LogP contribution in [0, 0.1) is 0 Å². The van der Waals surface area contributed by atoms with Crippen molar-refractivity contribution in [2.24, 2.45) is 4.40 Å². The fourth-order valence-electron chi connectivity index (χ4n) is 2.46. The molecule has 0 aromatic heterocycles. The van der Waals surface area contributed by atoms with E-state index < -0.39 is 16.1 Å². The van der Waals surface area contributed by atoms with E-state index in [1.807, 2.05) is 18.2 Å². The Morgan fingerprint density at radius 2 is 1.88 bits per heavy atom. The molecule has 0 radical (unpaired) electrons. The van der Waals surface area contributed by atoms with Gasteiger partial charge < -0.3 is 5.32 Å². The fraction of sp³-hybridized carbons (Fsp3) is 0.111. The van der Waals surface area contributed by atoms with E-state index in [1.165, 1.54) is 13.1 Å². The number of benzene rings is 2. The normalized spacial score (nSPS) is 15.8. The summed E-state index contributed by atoms with van der Waals surface area (Å²) in [7, 11) is -3.87. The summed E-state index contributed by atoms with van der Waals surface area (Å²) in [5.74, 6) is -0.457. The van der Waals surface area contributed by atoms with Crippen LogP contribution in [0.25, 0.3) is 0 Å². The van der Waals surface area contributed by atoms with Gasteiger partial charge in [0.25, 0.3) is 5.91 Å². The van der Waals surface area contributed by atoms with Crippen molar-refractivity contribution in [3.05, 3.63) is 77.0 Å². The Morgan fingerprint density at radius 1 is 1.15 bits per heavy atom. The van der Waals surface area contributed by atoms with Gasteiger partial charge in [0.2, 0.25) is 0 Å². The molecule has 0 aliphatic carbocycles. The zero-order valence-electron chi connectivity index (χ0n) is 13.9. The lowest BCUT2D eigenvalue weighted by Gasteiger charge is -2.23. The molecule has 0 unspecified atom stereocenters. The fourth-order valence-corrected chi connectivity index (χ4v) is 3.75. The van der Waals surface area contributed by atoms with E-state index in [1.54, 1.807) is 36.4 Å². The molecule has 1 aliphatic rings. The first-order chi connectivity index (χ1) is 12.3. The molecule has 1 aliphatic heterocycles. The lowest BCUT2D eigenvalue weighted by atomic mass is 10.1. The molecular weight excluding hydrogens is 374 g/mol. The van der Waals surface area contributed by atoms with Gasteiger partial charge >= 0.3 is 10.2 Å². The molecule has 0 saturated heterocycles. The number of rotatable bonds is 4. The summed E-state index contributed by atoms with van der Waals surface area (Å²) < 4.78 is 29.4. The van der Waals surface area contributed by atoms with Crippen molar-refractivity contribution in [2.45, 2.75) is 13.5 Å². The standard InChI is InChI=1S/C18H16ClN3O3S/c1-13-17(18(23)20-16-9-5-8-15(19)10-16)12-22(26(24,25)21-13)11-14-6-3-2-4-7-14/h2-10,12H,11H2,1H3,(H,20,23). The van der Waals surface area contributed by atoms with Gasteiger partial charge in [0.05, 0.1) is 17.8 Å². The molecule has 0 spiro atoms. The van der Waals surface area contributed by atoms with E-state index in [2.05, 4.69) is 9.71 Å². The second-order valence-electron chi connectivity index (χ2n) is 5.69. The summed E-state index contributed by atoms with van der Waals surface area (Å²) in [6.45, 7) is 1.58. The van der Waals surface area contributed by atoms with Crippen LogP contribution in [0.3, 0.4) is 0 Å². The monoisotopic (exact) mass is 389 g/mol. The number of anilines is 1. The lowest BCUT2D eigenvalue weighted by molar-refractivity contribution is -0.112. The SMILES string of the molecule is CC1=NS(=O)(=O)N(Cc2ccccc2)C=C1C(=O)Nc1cccc(Cl)c1. The second kappa shape index (κ2) is 7.31. The number of hydrogen-bond donors (Lipinski definition) is 1. The molecule has 1 amide bonds. The first-order valence-corrected chi connectivity index (χ1v) is 9.54. The average molecular weight is 390 g/mol. The van der Waals surface area contributed by atoms with Crippen molar-refractivity contribution in [3.8, 4) is 0 Å². The van der Waals surface area contributed by atoms with Gasteiger partial charge in [-0.05, 0) is 30.7 Å². The first kappa shape index (κ1) is 18.2. The minimum atomic E-state index is -3.87. The molecule has 134 valence electrons. The van der Waals surface area contributed by atoms with Gasteiger partial charge in [0, 0.05) is 16.9 Å².